The zero-order valence-corrected chi connectivity index (χ0v) is 12.2. The van der Waals surface area contributed by atoms with Crippen LogP contribution in [-0.2, 0) is 17.7 Å². The number of aryl methyl sites for hydroxylation is 1. The maximum atomic E-state index is 11.5. The Bertz CT molecular complexity index is 455. The molecule has 0 saturated carbocycles. The highest BCUT2D eigenvalue weighted by atomic mass is 16.5. The molecular formula is C15H23NO4. The van der Waals surface area contributed by atoms with Gasteiger partial charge in [0.2, 0.25) is 5.76 Å². The van der Waals surface area contributed by atoms with E-state index in [0.717, 1.165) is 50.2 Å². The van der Waals surface area contributed by atoms with Crippen LogP contribution >= 0.6 is 0 Å². The van der Waals surface area contributed by atoms with Gasteiger partial charge in [0.15, 0.2) is 0 Å². The van der Waals surface area contributed by atoms with Crippen LogP contribution in [0.15, 0.2) is 10.5 Å². The molecule has 2 rings (SSSR count). The third-order valence-corrected chi connectivity index (χ3v) is 3.86. The predicted molar refractivity (Wildman–Crippen MR) is 74.5 cm³/mol. The summed E-state index contributed by atoms with van der Waals surface area (Å²) in [5, 5.41) is 9.28. The van der Waals surface area contributed by atoms with Gasteiger partial charge in [-0.2, -0.15) is 0 Å². The maximum Gasteiger partial charge on any atom is 0.373 e. The largest absolute Gasteiger partial charge is 0.463 e. The molecule has 0 aliphatic carbocycles. The summed E-state index contributed by atoms with van der Waals surface area (Å²) in [6.45, 7) is 4.95. The van der Waals surface area contributed by atoms with E-state index in [1.165, 1.54) is 7.11 Å². The Morgan fingerprint density at radius 3 is 3.05 bits per heavy atom. The number of piperidine rings is 1. The first-order valence-electron chi connectivity index (χ1n) is 7.21. The summed E-state index contributed by atoms with van der Waals surface area (Å²) in [7, 11) is 1.35. The first-order chi connectivity index (χ1) is 9.67. The quantitative estimate of drug-likeness (QED) is 0.834. The Hall–Kier alpha value is -1.33. The molecule has 1 aliphatic rings. The van der Waals surface area contributed by atoms with Gasteiger partial charge in [-0.3, -0.25) is 4.90 Å². The molecular weight excluding hydrogens is 258 g/mol. The SMILES string of the molecule is CCc1oc(C(=O)OC)cc1CN1CCCC(CO)C1. The van der Waals surface area contributed by atoms with Gasteiger partial charge in [0.25, 0.3) is 0 Å². The van der Waals surface area contributed by atoms with Crippen molar-refractivity contribution >= 4 is 5.97 Å². The van der Waals surface area contributed by atoms with Crippen LogP contribution in [0.4, 0.5) is 0 Å². The van der Waals surface area contributed by atoms with E-state index < -0.39 is 5.97 Å². The van der Waals surface area contributed by atoms with Crippen molar-refractivity contribution in [3.05, 3.63) is 23.2 Å². The third kappa shape index (κ3) is 3.41. The lowest BCUT2D eigenvalue weighted by Crippen LogP contribution is -2.36. The minimum Gasteiger partial charge on any atom is -0.463 e. The van der Waals surface area contributed by atoms with Crippen LogP contribution in [0.3, 0.4) is 0 Å². The number of aliphatic hydroxyl groups excluding tert-OH is 1. The van der Waals surface area contributed by atoms with E-state index in [9.17, 15) is 9.90 Å². The second kappa shape index (κ2) is 6.90. The number of hydrogen-bond donors (Lipinski definition) is 1. The smallest absolute Gasteiger partial charge is 0.373 e. The molecule has 1 atom stereocenters. The fourth-order valence-electron chi connectivity index (χ4n) is 2.79. The summed E-state index contributed by atoms with van der Waals surface area (Å²) in [5.74, 6) is 1.05. The van der Waals surface area contributed by atoms with E-state index in [1.807, 2.05) is 6.92 Å². The zero-order valence-electron chi connectivity index (χ0n) is 12.2. The Morgan fingerprint density at radius 2 is 2.40 bits per heavy atom. The number of hydrogen-bond acceptors (Lipinski definition) is 5. The number of furan rings is 1. The molecule has 1 N–H and O–H groups in total. The molecule has 20 heavy (non-hydrogen) atoms. The van der Waals surface area contributed by atoms with Crippen molar-refractivity contribution in [2.24, 2.45) is 5.92 Å². The molecule has 1 aromatic rings. The number of likely N-dealkylation sites (tertiary alicyclic amines) is 1. The molecule has 0 aromatic carbocycles. The summed E-state index contributed by atoms with van der Waals surface area (Å²) in [6.07, 6.45) is 2.95. The number of aliphatic hydroxyl groups is 1. The molecule has 2 heterocycles. The Morgan fingerprint density at radius 1 is 1.60 bits per heavy atom. The molecule has 1 aromatic heterocycles. The van der Waals surface area contributed by atoms with Gasteiger partial charge < -0.3 is 14.3 Å². The van der Waals surface area contributed by atoms with Crippen molar-refractivity contribution in [2.45, 2.75) is 32.7 Å². The van der Waals surface area contributed by atoms with Crippen LogP contribution in [-0.4, -0.2) is 42.8 Å². The standard InChI is InChI=1S/C15H23NO4/c1-3-13-12(7-14(20-13)15(18)19-2)9-16-6-4-5-11(8-16)10-17/h7,11,17H,3-6,8-10H2,1-2H3. The molecule has 0 spiro atoms. The Labute approximate surface area is 119 Å². The molecule has 5 heteroatoms. The van der Waals surface area contributed by atoms with Crippen molar-refractivity contribution < 1.29 is 19.1 Å². The van der Waals surface area contributed by atoms with Crippen molar-refractivity contribution in [2.75, 3.05) is 26.8 Å². The Kier molecular flexibility index (Phi) is 5.20. The number of esters is 1. The average molecular weight is 281 g/mol. The zero-order chi connectivity index (χ0) is 14.5. The highest BCUT2D eigenvalue weighted by molar-refractivity contribution is 5.86. The van der Waals surface area contributed by atoms with Gasteiger partial charge in [-0.05, 0) is 31.4 Å². The second-order valence-electron chi connectivity index (χ2n) is 5.33. The van der Waals surface area contributed by atoms with Crippen molar-refractivity contribution in [1.29, 1.82) is 0 Å². The molecule has 1 fully saturated rings. The first kappa shape index (κ1) is 15.1. The lowest BCUT2D eigenvalue weighted by atomic mass is 9.98. The number of nitrogens with zero attached hydrogens (tertiary/aromatic N) is 1. The summed E-state index contributed by atoms with van der Waals surface area (Å²) < 4.78 is 10.3. The molecule has 1 saturated heterocycles. The molecule has 0 amide bonds. The number of rotatable bonds is 5. The van der Waals surface area contributed by atoms with Crippen molar-refractivity contribution in [1.82, 2.24) is 4.90 Å². The minimum absolute atomic E-state index is 0.246. The van der Waals surface area contributed by atoms with Crippen LogP contribution in [0.25, 0.3) is 0 Å². The molecule has 0 radical (unpaired) electrons. The number of methoxy groups -OCH3 is 1. The Balaban J connectivity index is 2.08. The second-order valence-corrected chi connectivity index (χ2v) is 5.33. The molecule has 5 nitrogen and oxygen atoms in total. The first-order valence-corrected chi connectivity index (χ1v) is 7.21. The highest BCUT2D eigenvalue weighted by Crippen LogP contribution is 2.22. The monoisotopic (exact) mass is 281 g/mol. The van der Waals surface area contributed by atoms with Crippen LogP contribution in [0, 0.1) is 5.92 Å². The van der Waals surface area contributed by atoms with Crippen LogP contribution in [0.2, 0.25) is 0 Å². The summed E-state index contributed by atoms with van der Waals surface area (Å²) in [6, 6.07) is 1.78. The van der Waals surface area contributed by atoms with Gasteiger partial charge in [0.05, 0.1) is 7.11 Å². The normalized spacial score (nSPS) is 20.1. The molecule has 0 bridgehead atoms. The van der Waals surface area contributed by atoms with E-state index in [2.05, 4.69) is 4.90 Å². The van der Waals surface area contributed by atoms with Crippen LogP contribution < -0.4 is 0 Å². The molecule has 112 valence electrons. The van der Waals surface area contributed by atoms with Gasteiger partial charge >= 0.3 is 5.97 Å². The summed E-state index contributed by atoms with van der Waals surface area (Å²) in [4.78, 5) is 13.8. The van der Waals surface area contributed by atoms with Gasteiger partial charge in [-0.1, -0.05) is 6.92 Å². The number of carbonyl (C=O) groups excluding carboxylic acids is 1. The summed E-state index contributed by atoms with van der Waals surface area (Å²) in [5.41, 5.74) is 1.05. The average Bonchev–Trinajstić information content (AvgIpc) is 2.89. The van der Waals surface area contributed by atoms with Gasteiger partial charge in [0, 0.05) is 31.7 Å². The number of carbonyl (C=O) groups is 1. The fourth-order valence-corrected chi connectivity index (χ4v) is 2.79. The van der Waals surface area contributed by atoms with E-state index >= 15 is 0 Å². The van der Waals surface area contributed by atoms with Gasteiger partial charge in [-0.15, -0.1) is 0 Å². The maximum absolute atomic E-state index is 11.5. The topological polar surface area (TPSA) is 62.9 Å². The predicted octanol–water partition coefficient (Wildman–Crippen LogP) is 1.83. The minimum atomic E-state index is -0.433. The van der Waals surface area contributed by atoms with E-state index in [1.54, 1.807) is 6.07 Å². The van der Waals surface area contributed by atoms with Crippen LogP contribution in [0.1, 0.15) is 41.6 Å². The lowest BCUT2D eigenvalue weighted by Gasteiger charge is -2.31. The van der Waals surface area contributed by atoms with Crippen molar-refractivity contribution in [3.63, 3.8) is 0 Å². The number of ether oxygens (including phenoxy) is 1. The molecule has 1 aliphatic heterocycles. The van der Waals surface area contributed by atoms with E-state index in [4.69, 9.17) is 9.15 Å². The highest BCUT2D eigenvalue weighted by Gasteiger charge is 2.22. The lowest BCUT2D eigenvalue weighted by molar-refractivity contribution is 0.0563. The van der Waals surface area contributed by atoms with Gasteiger partial charge in [0.1, 0.15) is 5.76 Å². The van der Waals surface area contributed by atoms with Crippen LogP contribution in [0.5, 0.6) is 0 Å². The van der Waals surface area contributed by atoms with Gasteiger partial charge in [-0.25, -0.2) is 4.79 Å². The summed E-state index contributed by atoms with van der Waals surface area (Å²) >= 11 is 0. The van der Waals surface area contributed by atoms with E-state index in [-0.39, 0.29) is 12.4 Å². The van der Waals surface area contributed by atoms with Crippen molar-refractivity contribution in [3.8, 4) is 0 Å². The van der Waals surface area contributed by atoms with E-state index in [0.29, 0.717) is 5.92 Å². The fraction of sp³-hybridized carbons (Fsp3) is 0.667. The molecule has 1 unspecified atom stereocenters. The third-order valence-electron chi connectivity index (χ3n) is 3.86.